The Bertz CT molecular complexity index is 593. The molecule has 2 N–H and O–H groups in total. The molecule has 0 radical (unpaired) electrons. The van der Waals surface area contributed by atoms with Crippen molar-refractivity contribution in [2.75, 3.05) is 0 Å². The molecule has 2 aromatic rings. The van der Waals surface area contributed by atoms with Crippen molar-refractivity contribution in [1.29, 1.82) is 0 Å². The van der Waals surface area contributed by atoms with Crippen molar-refractivity contribution in [2.24, 2.45) is 5.10 Å². The van der Waals surface area contributed by atoms with Crippen molar-refractivity contribution in [3.05, 3.63) is 53.0 Å². The molecule has 0 bridgehead atoms. The van der Waals surface area contributed by atoms with Gasteiger partial charge in [0.25, 0.3) is 0 Å². The first-order valence-corrected chi connectivity index (χ1v) is 5.75. The van der Waals surface area contributed by atoms with Crippen LogP contribution in [0.25, 0.3) is 0 Å². The van der Waals surface area contributed by atoms with Gasteiger partial charge in [0.05, 0.1) is 12.5 Å². The summed E-state index contributed by atoms with van der Waals surface area (Å²) in [6.07, 6.45) is 2.94. The summed E-state index contributed by atoms with van der Waals surface area (Å²) in [7, 11) is 0. The molecule has 0 aliphatic rings. The van der Waals surface area contributed by atoms with E-state index in [1.807, 2.05) is 0 Å². The van der Waals surface area contributed by atoms with Gasteiger partial charge in [0, 0.05) is 0 Å². The minimum absolute atomic E-state index is 0.204. The van der Waals surface area contributed by atoms with E-state index in [-0.39, 0.29) is 11.5 Å². The number of furan rings is 1. The van der Waals surface area contributed by atoms with Gasteiger partial charge in [0.15, 0.2) is 5.76 Å². The Morgan fingerprint density at radius 3 is 2.63 bits per heavy atom. The third-order valence-corrected chi connectivity index (χ3v) is 2.64. The summed E-state index contributed by atoms with van der Waals surface area (Å²) in [5.41, 5.74) is 4.69. The Kier molecular flexibility index (Phi) is 3.66. The third-order valence-electron chi connectivity index (χ3n) is 2.64. The molecule has 1 aromatic heterocycles. The molecule has 1 aromatic carbocycles. The largest absolute Gasteiger partial charge is 0.507 e. The maximum atomic E-state index is 11.5. The Labute approximate surface area is 110 Å². The van der Waals surface area contributed by atoms with Gasteiger partial charge in [-0.15, -0.1) is 0 Å². The number of rotatable bonds is 3. The summed E-state index contributed by atoms with van der Waals surface area (Å²) in [6, 6.07) is 6.75. The summed E-state index contributed by atoms with van der Waals surface area (Å²) in [6.45, 7) is 3.61. The summed E-state index contributed by atoms with van der Waals surface area (Å²) in [5, 5.41) is 13.5. The van der Waals surface area contributed by atoms with E-state index < -0.39 is 5.91 Å². The summed E-state index contributed by atoms with van der Waals surface area (Å²) in [4.78, 5) is 11.5. The Morgan fingerprint density at radius 1 is 1.37 bits per heavy atom. The van der Waals surface area contributed by atoms with Crippen LogP contribution in [0.3, 0.4) is 0 Å². The van der Waals surface area contributed by atoms with E-state index in [0.717, 1.165) is 16.7 Å². The van der Waals surface area contributed by atoms with Crippen molar-refractivity contribution < 1.29 is 14.3 Å². The number of hydrogen-bond donors (Lipinski definition) is 2. The number of aryl methyl sites for hydroxylation is 2. The normalized spacial score (nSPS) is 10.8. The molecule has 0 unspecified atom stereocenters. The molecule has 5 nitrogen and oxygen atoms in total. The van der Waals surface area contributed by atoms with Gasteiger partial charge < -0.3 is 9.52 Å². The van der Waals surface area contributed by atoms with Gasteiger partial charge in [-0.3, -0.25) is 4.79 Å². The molecule has 0 fully saturated rings. The standard InChI is InChI=1S/C14H14N2O3/c1-9-6-11(7-10(2)13(9)17)8-15-16-14(18)12-4-3-5-19-12/h3-8,17H,1-2H3,(H,16,18)/b15-8+. The molecule has 0 saturated heterocycles. The van der Waals surface area contributed by atoms with Gasteiger partial charge in [0.2, 0.25) is 0 Å². The predicted molar refractivity (Wildman–Crippen MR) is 71.3 cm³/mol. The second-order valence-electron chi connectivity index (χ2n) is 4.18. The van der Waals surface area contributed by atoms with Crippen molar-refractivity contribution >= 4 is 12.1 Å². The minimum atomic E-state index is -0.409. The van der Waals surface area contributed by atoms with Crippen LogP contribution in [0.4, 0.5) is 0 Å². The van der Waals surface area contributed by atoms with Crippen LogP contribution in [-0.2, 0) is 0 Å². The molecule has 0 aliphatic heterocycles. The molecule has 19 heavy (non-hydrogen) atoms. The summed E-state index contributed by atoms with van der Waals surface area (Å²) < 4.78 is 4.93. The fourth-order valence-corrected chi connectivity index (χ4v) is 1.69. The van der Waals surface area contributed by atoms with Crippen LogP contribution < -0.4 is 5.43 Å². The lowest BCUT2D eigenvalue weighted by atomic mass is 10.1. The fraction of sp³-hybridized carbons (Fsp3) is 0.143. The fourth-order valence-electron chi connectivity index (χ4n) is 1.69. The molecule has 1 amide bonds. The van der Waals surface area contributed by atoms with Gasteiger partial charge in [-0.1, -0.05) is 0 Å². The number of phenols is 1. The third kappa shape index (κ3) is 3.01. The van der Waals surface area contributed by atoms with Crippen molar-refractivity contribution in [1.82, 2.24) is 5.43 Å². The van der Waals surface area contributed by atoms with E-state index in [1.54, 1.807) is 38.1 Å². The number of nitrogens with one attached hydrogen (secondary N) is 1. The molecular weight excluding hydrogens is 244 g/mol. The van der Waals surface area contributed by atoms with Crippen LogP contribution in [0.5, 0.6) is 5.75 Å². The van der Waals surface area contributed by atoms with Crippen LogP contribution in [0.1, 0.15) is 27.2 Å². The molecule has 0 spiro atoms. The zero-order chi connectivity index (χ0) is 13.8. The summed E-state index contributed by atoms with van der Waals surface area (Å²) in [5.74, 6) is 0.0699. The predicted octanol–water partition coefficient (Wildman–Crippen LogP) is 2.37. The monoisotopic (exact) mass is 258 g/mol. The van der Waals surface area contributed by atoms with E-state index in [9.17, 15) is 9.90 Å². The number of phenolic OH excluding ortho intramolecular Hbond substituents is 1. The van der Waals surface area contributed by atoms with Gasteiger partial charge in [-0.2, -0.15) is 5.10 Å². The number of hydrazone groups is 1. The van der Waals surface area contributed by atoms with Crippen LogP contribution in [-0.4, -0.2) is 17.2 Å². The number of amides is 1. The van der Waals surface area contributed by atoms with Crippen LogP contribution >= 0.6 is 0 Å². The van der Waals surface area contributed by atoms with E-state index in [4.69, 9.17) is 4.42 Å². The maximum absolute atomic E-state index is 11.5. The molecule has 2 rings (SSSR count). The van der Waals surface area contributed by atoms with Gasteiger partial charge in [-0.05, 0) is 54.8 Å². The number of aromatic hydroxyl groups is 1. The SMILES string of the molecule is Cc1cc(/C=N/NC(=O)c2ccco2)cc(C)c1O. The lowest BCUT2D eigenvalue weighted by Gasteiger charge is -2.04. The van der Waals surface area contributed by atoms with E-state index in [0.29, 0.717) is 0 Å². The van der Waals surface area contributed by atoms with Gasteiger partial charge in [-0.25, -0.2) is 5.43 Å². The number of carbonyl (C=O) groups is 1. The average molecular weight is 258 g/mol. The molecule has 1 heterocycles. The van der Waals surface area contributed by atoms with Crippen molar-refractivity contribution in [2.45, 2.75) is 13.8 Å². The van der Waals surface area contributed by atoms with E-state index >= 15 is 0 Å². The highest BCUT2D eigenvalue weighted by Gasteiger charge is 2.06. The first-order valence-electron chi connectivity index (χ1n) is 5.75. The molecule has 0 aliphatic carbocycles. The van der Waals surface area contributed by atoms with Crippen molar-refractivity contribution in [3.63, 3.8) is 0 Å². The zero-order valence-corrected chi connectivity index (χ0v) is 10.7. The Hall–Kier alpha value is -2.56. The molecule has 0 saturated carbocycles. The molecule has 0 atom stereocenters. The maximum Gasteiger partial charge on any atom is 0.307 e. The highest BCUT2D eigenvalue weighted by molar-refractivity contribution is 5.92. The second-order valence-corrected chi connectivity index (χ2v) is 4.18. The Balaban J connectivity index is 2.05. The first-order chi connectivity index (χ1) is 9.08. The minimum Gasteiger partial charge on any atom is -0.507 e. The van der Waals surface area contributed by atoms with Gasteiger partial charge in [0.1, 0.15) is 5.75 Å². The van der Waals surface area contributed by atoms with E-state index in [2.05, 4.69) is 10.5 Å². The van der Waals surface area contributed by atoms with Crippen LogP contribution in [0.15, 0.2) is 40.0 Å². The van der Waals surface area contributed by atoms with Gasteiger partial charge >= 0.3 is 5.91 Å². The molecule has 98 valence electrons. The highest BCUT2D eigenvalue weighted by atomic mass is 16.3. The number of benzene rings is 1. The lowest BCUT2D eigenvalue weighted by molar-refractivity contribution is 0.0927. The number of nitrogens with zero attached hydrogens (tertiary/aromatic N) is 1. The quantitative estimate of drug-likeness (QED) is 0.655. The average Bonchev–Trinajstić information content (AvgIpc) is 2.89. The highest BCUT2D eigenvalue weighted by Crippen LogP contribution is 2.21. The second kappa shape index (κ2) is 5.39. The lowest BCUT2D eigenvalue weighted by Crippen LogP contribution is -2.16. The topological polar surface area (TPSA) is 74.8 Å². The summed E-state index contributed by atoms with van der Waals surface area (Å²) >= 11 is 0. The number of carbonyl (C=O) groups excluding carboxylic acids is 1. The van der Waals surface area contributed by atoms with Crippen molar-refractivity contribution in [3.8, 4) is 5.75 Å². The van der Waals surface area contributed by atoms with E-state index in [1.165, 1.54) is 12.5 Å². The zero-order valence-electron chi connectivity index (χ0n) is 10.7. The smallest absolute Gasteiger partial charge is 0.307 e. The molecular formula is C14H14N2O3. The molecule has 5 heteroatoms. The van der Waals surface area contributed by atoms with Crippen LogP contribution in [0, 0.1) is 13.8 Å². The Morgan fingerprint density at radius 2 is 2.05 bits per heavy atom. The first kappa shape index (κ1) is 12.9. The van der Waals surface area contributed by atoms with Crippen LogP contribution in [0.2, 0.25) is 0 Å². The number of hydrogen-bond acceptors (Lipinski definition) is 4.